The molecule has 0 saturated carbocycles. The van der Waals surface area contributed by atoms with Crippen molar-refractivity contribution in [2.75, 3.05) is 20.3 Å². The van der Waals surface area contributed by atoms with Crippen molar-refractivity contribution in [3.63, 3.8) is 0 Å². The van der Waals surface area contributed by atoms with E-state index < -0.39 is 0 Å². The van der Waals surface area contributed by atoms with E-state index in [0.29, 0.717) is 41.4 Å². The molecular formula is C23H25NO4S. The minimum absolute atomic E-state index is 0.117. The van der Waals surface area contributed by atoms with Crippen LogP contribution >= 0.6 is 11.8 Å². The first-order chi connectivity index (χ1) is 14.0. The van der Waals surface area contributed by atoms with Gasteiger partial charge in [-0.15, -0.1) is 0 Å². The van der Waals surface area contributed by atoms with E-state index in [1.807, 2.05) is 62.4 Å². The number of amides is 2. The van der Waals surface area contributed by atoms with E-state index >= 15 is 0 Å². The monoisotopic (exact) mass is 411 g/mol. The molecule has 1 aliphatic rings. The summed E-state index contributed by atoms with van der Waals surface area (Å²) in [5.74, 6) is 0.0107. The lowest BCUT2D eigenvalue weighted by molar-refractivity contribution is -0.136. The molecule has 3 rings (SSSR count). The number of carbonyl (C=O) groups is 2. The number of para-hydroxylation sites is 1. The Morgan fingerprint density at radius 2 is 1.66 bits per heavy atom. The standard InChI is InChI=1S/C23H25NO4S/c1-16(2)28-15-9-14-24-22(25)20(18-12-7-8-13-19(18)27-3)21(23(24)26)29-17-10-5-4-6-11-17/h4-8,10-13,16H,9,14-15H2,1-3H3. The second kappa shape index (κ2) is 9.76. The Bertz CT molecular complexity index is 908. The van der Waals surface area contributed by atoms with Crippen molar-refractivity contribution in [2.45, 2.75) is 31.3 Å². The Hall–Kier alpha value is -2.57. The SMILES string of the molecule is COc1ccccc1C1=C(Sc2ccccc2)C(=O)N(CCCOC(C)C)C1=O. The summed E-state index contributed by atoms with van der Waals surface area (Å²) in [6.45, 7) is 4.74. The second-order valence-electron chi connectivity index (χ2n) is 6.85. The number of nitrogens with zero attached hydrogens (tertiary/aromatic N) is 1. The average molecular weight is 412 g/mol. The lowest BCUT2D eigenvalue weighted by atomic mass is 10.1. The van der Waals surface area contributed by atoms with Crippen molar-refractivity contribution in [3.05, 3.63) is 65.1 Å². The summed E-state index contributed by atoms with van der Waals surface area (Å²) in [6.07, 6.45) is 0.712. The van der Waals surface area contributed by atoms with Crippen LogP contribution in [-0.2, 0) is 14.3 Å². The number of methoxy groups -OCH3 is 1. The molecule has 1 heterocycles. The van der Waals surface area contributed by atoms with E-state index in [1.165, 1.54) is 16.7 Å². The van der Waals surface area contributed by atoms with E-state index in [9.17, 15) is 9.59 Å². The van der Waals surface area contributed by atoms with Gasteiger partial charge in [-0.2, -0.15) is 0 Å². The van der Waals surface area contributed by atoms with Crippen molar-refractivity contribution in [1.82, 2.24) is 4.90 Å². The van der Waals surface area contributed by atoms with Gasteiger partial charge in [-0.1, -0.05) is 48.2 Å². The van der Waals surface area contributed by atoms with E-state index in [1.54, 1.807) is 13.2 Å². The van der Waals surface area contributed by atoms with Crippen LogP contribution in [0.25, 0.3) is 5.57 Å². The zero-order valence-corrected chi connectivity index (χ0v) is 17.7. The molecule has 2 aromatic carbocycles. The molecule has 0 bridgehead atoms. The predicted molar refractivity (Wildman–Crippen MR) is 115 cm³/mol. The molecule has 0 saturated heterocycles. The van der Waals surface area contributed by atoms with Gasteiger partial charge in [-0.3, -0.25) is 14.5 Å². The van der Waals surface area contributed by atoms with E-state index in [0.717, 1.165) is 4.90 Å². The fourth-order valence-corrected chi connectivity index (χ4v) is 4.11. The quantitative estimate of drug-likeness (QED) is 0.453. The van der Waals surface area contributed by atoms with Crippen molar-refractivity contribution in [3.8, 4) is 5.75 Å². The molecule has 0 radical (unpaired) electrons. The first-order valence-electron chi connectivity index (χ1n) is 9.61. The first kappa shape index (κ1) is 21.1. The third-order valence-corrected chi connectivity index (χ3v) is 5.53. The number of hydrogen-bond acceptors (Lipinski definition) is 5. The lowest BCUT2D eigenvalue weighted by Crippen LogP contribution is -2.33. The molecule has 0 N–H and O–H groups in total. The molecule has 0 spiro atoms. The first-order valence-corrected chi connectivity index (χ1v) is 10.4. The highest BCUT2D eigenvalue weighted by Crippen LogP contribution is 2.42. The molecule has 0 aromatic heterocycles. The van der Waals surface area contributed by atoms with E-state index in [-0.39, 0.29) is 17.9 Å². The molecule has 1 aliphatic heterocycles. The van der Waals surface area contributed by atoms with Crippen LogP contribution in [0.3, 0.4) is 0 Å². The largest absolute Gasteiger partial charge is 0.496 e. The topological polar surface area (TPSA) is 55.8 Å². The number of ether oxygens (including phenoxy) is 2. The number of rotatable bonds is 9. The van der Waals surface area contributed by atoms with Crippen molar-refractivity contribution >= 4 is 29.1 Å². The fourth-order valence-electron chi connectivity index (χ4n) is 3.09. The highest BCUT2D eigenvalue weighted by molar-refractivity contribution is 8.04. The Morgan fingerprint density at radius 3 is 2.34 bits per heavy atom. The molecule has 152 valence electrons. The van der Waals surface area contributed by atoms with E-state index in [4.69, 9.17) is 9.47 Å². The van der Waals surface area contributed by atoms with Crippen LogP contribution in [0.5, 0.6) is 5.75 Å². The highest BCUT2D eigenvalue weighted by atomic mass is 32.2. The van der Waals surface area contributed by atoms with Gasteiger partial charge in [0.05, 0.1) is 23.7 Å². The van der Waals surface area contributed by atoms with Crippen LogP contribution in [0.4, 0.5) is 0 Å². The second-order valence-corrected chi connectivity index (χ2v) is 7.94. The maximum Gasteiger partial charge on any atom is 0.268 e. The number of benzene rings is 2. The van der Waals surface area contributed by atoms with Gasteiger partial charge in [0.15, 0.2) is 0 Å². The summed E-state index contributed by atoms with van der Waals surface area (Å²) in [6, 6.07) is 16.9. The Labute approximate surface area is 175 Å². The van der Waals surface area contributed by atoms with Crippen LogP contribution in [0.1, 0.15) is 25.8 Å². The van der Waals surface area contributed by atoms with Gasteiger partial charge in [0.25, 0.3) is 11.8 Å². The highest BCUT2D eigenvalue weighted by Gasteiger charge is 2.40. The third-order valence-electron chi connectivity index (χ3n) is 4.44. The lowest BCUT2D eigenvalue weighted by Gasteiger charge is -2.16. The van der Waals surface area contributed by atoms with Crippen molar-refractivity contribution < 1.29 is 19.1 Å². The van der Waals surface area contributed by atoms with Crippen LogP contribution in [0.15, 0.2) is 64.4 Å². The summed E-state index contributed by atoms with van der Waals surface area (Å²) in [5, 5.41) is 0. The van der Waals surface area contributed by atoms with Crippen LogP contribution < -0.4 is 4.74 Å². The molecule has 0 unspecified atom stereocenters. The maximum atomic E-state index is 13.3. The number of thioether (sulfide) groups is 1. The molecule has 2 aromatic rings. The van der Waals surface area contributed by atoms with Gasteiger partial charge in [-0.05, 0) is 38.5 Å². The summed E-state index contributed by atoms with van der Waals surface area (Å²) < 4.78 is 11.0. The Balaban J connectivity index is 1.93. The summed E-state index contributed by atoms with van der Waals surface area (Å²) in [5.41, 5.74) is 1.03. The normalized spacial score (nSPS) is 14.3. The van der Waals surface area contributed by atoms with Gasteiger partial charge < -0.3 is 9.47 Å². The molecule has 0 atom stereocenters. The maximum absolute atomic E-state index is 13.3. The van der Waals surface area contributed by atoms with Crippen molar-refractivity contribution in [1.29, 1.82) is 0 Å². The molecule has 0 fully saturated rings. The fraction of sp³-hybridized carbons (Fsp3) is 0.304. The number of carbonyl (C=O) groups excluding carboxylic acids is 2. The Morgan fingerprint density at radius 1 is 0.966 bits per heavy atom. The zero-order valence-electron chi connectivity index (χ0n) is 16.9. The smallest absolute Gasteiger partial charge is 0.268 e. The summed E-state index contributed by atoms with van der Waals surface area (Å²) >= 11 is 1.31. The predicted octanol–water partition coefficient (Wildman–Crippen LogP) is 4.38. The third kappa shape index (κ3) is 4.89. The number of hydrogen-bond donors (Lipinski definition) is 0. The van der Waals surface area contributed by atoms with Crippen LogP contribution in [0.2, 0.25) is 0 Å². The summed E-state index contributed by atoms with van der Waals surface area (Å²) in [7, 11) is 1.56. The minimum atomic E-state index is -0.289. The Kier molecular flexibility index (Phi) is 7.12. The minimum Gasteiger partial charge on any atom is -0.496 e. The molecule has 29 heavy (non-hydrogen) atoms. The van der Waals surface area contributed by atoms with Gasteiger partial charge in [0, 0.05) is 23.6 Å². The van der Waals surface area contributed by atoms with Gasteiger partial charge >= 0.3 is 0 Å². The molecule has 0 aliphatic carbocycles. The van der Waals surface area contributed by atoms with E-state index in [2.05, 4.69) is 0 Å². The summed E-state index contributed by atoms with van der Waals surface area (Å²) in [4.78, 5) is 29.1. The van der Waals surface area contributed by atoms with Gasteiger partial charge in [0.1, 0.15) is 5.75 Å². The molecule has 2 amide bonds. The molecule has 6 heteroatoms. The average Bonchev–Trinajstić information content (AvgIpc) is 2.95. The molecule has 5 nitrogen and oxygen atoms in total. The van der Waals surface area contributed by atoms with Crippen molar-refractivity contribution in [2.24, 2.45) is 0 Å². The van der Waals surface area contributed by atoms with Crippen LogP contribution in [-0.4, -0.2) is 43.1 Å². The van der Waals surface area contributed by atoms with Gasteiger partial charge in [-0.25, -0.2) is 0 Å². The molecular weight excluding hydrogens is 386 g/mol. The number of imide groups is 1. The van der Waals surface area contributed by atoms with Gasteiger partial charge in [0.2, 0.25) is 0 Å². The zero-order chi connectivity index (χ0) is 20.8. The van der Waals surface area contributed by atoms with Crippen LogP contribution in [0, 0.1) is 0 Å².